The molecule has 1 fully saturated rings. The summed E-state index contributed by atoms with van der Waals surface area (Å²) < 4.78 is 14.6. The Morgan fingerprint density at radius 1 is 1.08 bits per heavy atom. The molecule has 0 spiro atoms. The summed E-state index contributed by atoms with van der Waals surface area (Å²) in [6.45, 7) is 1.12. The van der Waals surface area contributed by atoms with Crippen LogP contribution in [0.1, 0.15) is 31.2 Å². The molecule has 126 valence electrons. The summed E-state index contributed by atoms with van der Waals surface area (Å²) in [5, 5.41) is 3.23. The van der Waals surface area contributed by atoms with Crippen LogP contribution in [-0.4, -0.2) is 27.2 Å². The van der Waals surface area contributed by atoms with Crippen LogP contribution in [0.25, 0.3) is 5.69 Å². The average Bonchev–Trinajstić information content (AvgIpc) is 3.11. The molecule has 0 radical (unpaired) electrons. The van der Waals surface area contributed by atoms with Gasteiger partial charge in [0.05, 0.1) is 17.9 Å². The van der Waals surface area contributed by atoms with Crippen LogP contribution in [0.4, 0.5) is 10.2 Å². The quantitative estimate of drug-likeness (QED) is 0.881. The van der Waals surface area contributed by atoms with Gasteiger partial charge in [0.15, 0.2) is 0 Å². The molecule has 6 nitrogen and oxygen atoms in total. The predicted molar refractivity (Wildman–Crippen MR) is 88.9 cm³/mol. The number of benzene rings is 1. The minimum atomic E-state index is -0.521. The SMILES string of the molecule is O=c1[nH]c(=O)n(-c2ccc(F)cc2)c2c1CN(C1CCCC1)CN2. The maximum Gasteiger partial charge on any atom is 0.334 e. The van der Waals surface area contributed by atoms with Crippen LogP contribution in [0.15, 0.2) is 33.9 Å². The van der Waals surface area contributed by atoms with E-state index in [-0.39, 0.29) is 11.4 Å². The second kappa shape index (κ2) is 5.90. The van der Waals surface area contributed by atoms with Gasteiger partial charge in [-0.05, 0) is 37.1 Å². The number of aromatic amines is 1. The molecule has 4 rings (SSSR count). The molecule has 2 aliphatic rings. The van der Waals surface area contributed by atoms with Crippen molar-refractivity contribution < 1.29 is 4.39 Å². The van der Waals surface area contributed by atoms with E-state index in [9.17, 15) is 14.0 Å². The highest BCUT2D eigenvalue weighted by Gasteiger charge is 2.29. The largest absolute Gasteiger partial charge is 0.358 e. The van der Waals surface area contributed by atoms with Gasteiger partial charge in [0.25, 0.3) is 5.56 Å². The van der Waals surface area contributed by atoms with Gasteiger partial charge in [-0.25, -0.2) is 13.8 Å². The van der Waals surface area contributed by atoms with Crippen LogP contribution in [0, 0.1) is 5.82 Å². The first-order valence-electron chi connectivity index (χ1n) is 8.25. The molecule has 1 aromatic carbocycles. The van der Waals surface area contributed by atoms with Crippen LogP contribution in [0.5, 0.6) is 0 Å². The number of rotatable bonds is 2. The van der Waals surface area contributed by atoms with Gasteiger partial charge in [0, 0.05) is 12.6 Å². The zero-order valence-corrected chi connectivity index (χ0v) is 13.2. The van der Waals surface area contributed by atoms with Crippen LogP contribution in [0.2, 0.25) is 0 Å². The molecular formula is C17H19FN4O2. The van der Waals surface area contributed by atoms with Gasteiger partial charge in [-0.3, -0.25) is 14.7 Å². The number of aromatic nitrogens is 2. The molecule has 0 bridgehead atoms. The number of hydrogen-bond acceptors (Lipinski definition) is 4. The lowest BCUT2D eigenvalue weighted by Crippen LogP contribution is -2.46. The summed E-state index contributed by atoms with van der Waals surface area (Å²) in [7, 11) is 0. The maximum atomic E-state index is 13.2. The van der Waals surface area contributed by atoms with E-state index in [4.69, 9.17) is 0 Å². The molecule has 7 heteroatoms. The molecular weight excluding hydrogens is 311 g/mol. The first kappa shape index (κ1) is 15.1. The van der Waals surface area contributed by atoms with Gasteiger partial charge in [0.2, 0.25) is 0 Å². The lowest BCUT2D eigenvalue weighted by atomic mass is 10.1. The summed E-state index contributed by atoms with van der Waals surface area (Å²) in [4.78, 5) is 29.2. The van der Waals surface area contributed by atoms with Gasteiger partial charge in [-0.1, -0.05) is 12.8 Å². The van der Waals surface area contributed by atoms with Crippen molar-refractivity contribution in [1.29, 1.82) is 0 Å². The highest BCUT2D eigenvalue weighted by Crippen LogP contribution is 2.28. The Balaban J connectivity index is 1.78. The van der Waals surface area contributed by atoms with E-state index in [0.717, 1.165) is 12.8 Å². The van der Waals surface area contributed by atoms with Gasteiger partial charge in [-0.2, -0.15) is 0 Å². The maximum absolute atomic E-state index is 13.2. The van der Waals surface area contributed by atoms with E-state index >= 15 is 0 Å². The van der Waals surface area contributed by atoms with E-state index in [1.54, 1.807) is 0 Å². The van der Waals surface area contributed by atoms with Crippen molar-refractivity contribution in [1.82, 2.24) is 14.5 Å². The Morgan fingerprint density at radius 2 is 1.79 bits per heavy atom. The zero-order valence-electron chi connectivity index (χ0n) is 13.2. The number of halogens is 1. The fraction of sp³-hybridized carbons (Fsp3) is 0.412. The molecule has 2 aromatic rings. The van der Waals surface area contributed by atoms with Crippen molar-refractivity contribution in [3.05, 3.63) is 56.5 Å². The standard InChI is InChI=1S/C17H19FN4O2/c18-11-5-7-13(8-6-11)22-15-14(16(23)20-17(22)24)9-21(10-19-15)12-3-1-2-4-12/h5-8,12,19H,1-4,9-10H2,(H,20,23,24). The number of hydrogen-bond donors (Lipinski definition) is 2. The van der Waals surface area contributed by atoms with Crippen molar-refractivity contribution in [3.63, 3.8) is 0 Å². The van der Waals surface area contributed by atoms with Crippen LogP contribution >= 0.6 is 0 Å². The third kappa shape index (κ3) is 2.54. The van der Waals surface area contributed by atoms with Crippen molar-refractivity contribution in [2.45, 2.75) is 38.3 Å². The molecule has 1 aliphatic carbocycles. The normalized spacial score (nSPS) is 18.4. The molecule has 2 heterocycles. The monoisotopic (exact) mass is 330 g/mol. The number of nitrogens with one attached hydrogen (secondary N) is 2. The average molecular weight is 330 g/mol. The van der Waals surface area contributed by atoms with Crippen molar-refractivity contribution >= 4 is 5.82 Å². The zero-order chi connectivity index (χ0) is 16.7. The lowest BCUT2D eigenvalue weighted by molar-refractivity contribution is 0.195. The molecule has 2 N–H and O–H groups in total. The number of H-pyrrole nitrogens is 1. The smallest absolute Gasteiger partial charge is 0.334 e. The second-order valence-electron chi connectivity index (χ2n) is 6.42. The van der Waals surface area contributed by atoms with Gasteiger partial charge in [-0.15, -0.1) is 0 Å². The van der Waals surface area contributed by atoms with E-state index in [1.165, 1.54) is 41.7 Å². The summed E-state index contributed by atoms with van der Waals surface area (Å²) in [6.07, 6.45) is 4.73. The Kier molecular flexibility index (Phi) is 3.72. The highest BCUT2D eigenvalue weighted by molar-refractivity contribution is 5.51. The Morgan fingerprint density at radius 3 is 2.50 bits per heavy atom. The third-order valence-corrected chi connectivity index (χ3v) is 4.94. The lowest BCUT2D eigenvalue weighted by Gasteiger charge is -2.34. The van der Waals surface area contributed by atoms with E-state index in [1.807, 2.05) is 0 Å². The summed E-state index contributed by atoms with van der Waals surface area (Å²) >= 11 is 0. The van der Waals surface area contributed by atoms with E-state index in [2.05, 4.69) is 15.2 Å². The van der Waals surface area contributed by atoms with Crippen molar-refractivity contribution in [2.24, 2.45) is 0 Å². The minimum absolute atomic E-state index is 0.358. The fourth-order valence-electron chi connectivity index (χ4n) is 3.70. The number of nitrogens with zero attached hydrogens (tertiary/aromatic N) is 2. The Bertz CT molecular complexity index is 866. The van der Waals surface area contributed by atoms with Gasteiger partial charge < -0.3 is 5.32 Å². The minimum Gasteiger partial charge on any atom is -0.358 e. The van der Waals surface area contributed by atoms with Crippen LogP contribution in [-0.2, 0) is 6.54 Å². The molecule has 24 heavy (non-hydrogen) atoms. The van der Waals surface area contributed by atoms with Crippen LogP contribution in [0.3, 0.4) is 0 Å². The molecule has 1 aliphatic heterocycles. The predicted octanol–water partition coefficient (Wildman–Crippen LogP) is 1.79. The highest BCUT2D eigenvalue weighted by atomic mass is 19.1. The first-order valence-corrected chi connectivity index (χ1v) is 8.25. The van der Waals surface area contributed by atoms with E-state index in [0.29, 0.717) is 36.3 Å². The van der Waals surface area contributed by atoms with Crippen LogP contribution < -0.4 is 16.6 Å². The molecule has 0 atom stereocenters. The molecule has 1 saturated carbocycles. The molecule has 0 amide bonds. The Hall–Kier alpha value is -2.41. The second-order valence-corrected chi connectivity index (χ2v) is 6.42. The topological polar surface area (TPSA) is 70.1 Å². The Labute approximate surface area is 137 Å². The summed E-state index contributed by atoms with van der Waals surface area (Å²) in [5.74, 6) is 0.134. The molecule has 1 aromatic heterocycles. The number of fused-ring (bicyclic) bond motifs is 1. The van der Waals surface area contributed by atoms with Gasteiger partial charge in [0.1, 0.15) is 11.6 Å². The van der Waals surface area contributed by atoms with E-state index < -0.39 is 5.69 Å². The molecule has 0 saturated heterocycles. The summed E-state index contributed by atoms with van der Waals surface area (Å²) in [6, 6.07) is 6.14. The fourth-order valence-corrected chi connectivity index (χ4v) is 3.70. The van der Waals surface area contributed by atoms with Crippen molar-refractivity contribution in [3.8, 4) is 5.69 Å². The summed E-state index contributed by atoms with van der Waals surface area (Å²) in [5.41, 5.74) is 0.198. The number of anilines is 1. The van der Waals surface area contributed by atoms with Gasteiger partial charge >= 0.3 is 5.69 Å². The first-order chi connectivity index (χ1) is 11.6. The van der Waals surface area contributed by atoms with Crippen molar-refractivity contribution in [2.75, 3.05) is 12.0 Å². The third-order valence-electron chi connectivity index (χ3n) is 4.94. The molecule has 0 unspecified atom stereocenters.